The van der Waals surface area contributed by atoms with Gasteiger partial charge in [0.1, 0.15) is 0 Å². The lowest BCUT2D eigenvalue weighted by molar-refractivity contribution is 0.173. The Kier molecular flexibility index (Phi) is 6.33. The molecule has 0 radical (unpaired) electrons. The maximum atomic E-state index is 11.7. The van der Waals surface area contributed by atoms with E-state index in [4.69, 9.17) is 9.47 Å². The molecule has 0 saturated heterocycles. The zero-order valence-electron chi connectivity index (χ0n) is 14.4. The Hall–Kier alpha value is -1.23. The van der Waals surface area contributed by atoms with Crippen molar-refractivity contribution >= 4 is 9.84 Å². The van der Waals surface area contributed by atoms with Crippen molar-refractivity contribution in [3.8, 4) is 11.5 Å². The van der Waals surface area contributed by atoms with E-state index in [0.717, 1.165) is 50.0 Å². The summed E-state index contributed by atoms with van der Waals surface area (Å²) < 4.78 is 34.3. The van der Waals surface area contributed by atoms with Crippen LogP contribution in [0.2, 0.25) is 0 Å². The van der Waals surface area contributed by atoms with Gasteiger partial charge >= 0.3 is 0 Å². The summed E-state index contributed by atoms with van der Waals surface area (Å²) in [6.07, 6.45) is 6.16. The third-order valence-electron chi connectivity index (χ3n) is 4.49. The molecule has 130 valence electrons. The lowest BCUT2D eigenvalue weighted by atomic mass is 10.0. The zero-order chi connectivity index (χ0) is 16.9. The van der Waals surface area contributed by atoms with Crippen LogP contribution in [-0.2, 0) is 16.3 Å². The monoisotopic (exact) mass is 340 g/mol. The number of benzene rings is 1. The van der Waals surface area contributed by atoms with E-state index in [1.807, 2.05) is 6.07 Å². The molecule has 0 bridgehead atoms. The quantitative estimate of drug-likeness (QED) is 0.637. The number of sulfone groups is 1. The molecule has 2 rings (SSSR count). The Bertz CT molecular complexity index is 620. The molecule has 1 aliphatic rings. The van der Waals surface area contributed by atoms with E-state index in [1.54, 1.807) is 13.8 Å². The number of aryl methyl sites for hydroxylation is 1. The van der Waals surface area contributed by atoms with Crippen LogP contribution in [0.25, 0.3) is 0 Å². The first-order chi connectivity index (χ1) is 10.9. The van der Waals surface area contributed by atoms with Gasteiger partial charge in [-0.25, -0.2) is 8.42 Å². The number of rotatable bonds is 9. The maximum Gasteiger partial charge on any atom is 0.231 e. The Morgan fingerprint density at radius 3 is 2.48 bits per heavy atom. The Balaban J connectivity index is 1.65. The predicted molar refractivity (Wildman–Crippen MR) is 93.0 cm³/mol. The molecule has 0 unspecified atom stereocenters. The van der Waals surface area contributed by atoms with E-state index in [0.29, 0.717) is 12.5 Å². The first kappa shape index (κ1) is 18.1. The molecule has 1 aliphatic heterocycles. The fourth-order valence-corrected chi connectivity index (χ4v) is 3.89. The highest BCUT2D eigenvalue weighted by atomic mass is 32.2. The van der Waals surface area contributed by atoms with Crippen LogP contribution < -0.4 is 9.47 Å². The molecule has 0 aromatic heterocycles. The summed E-state index contributed by atoms with van der Waals surface area (Å²) in [5.41, 5.74) is 2.50. The number of hydrogen-bond acceptors (Lipinski definition) is 4. The molecular formula is C18H28O4S. The lowest BCUT2D eigenvalue weighted by Crippen LogP contribution is -2.17. The highest BCUT2D eigenvalue weighted by Crippen LogP contribution is 2.37. The van der Waals surface area contributed by atoms with Crippen molar-refractivity contribution in [3.63, 3.8) is 0 Å². The number of unbranched alkanes of at least 4 members (excludes halogenated alkanes) is 4. The van der Waals surface area contributed by atoms with Gasteiger partial charge in [-0.15, -0.1) is 0 Å². The highest BCUT2D eigenvalue weighted by Gasteiger charge is 2.17. The van der Waals surface area contributed by atoms with Crippen LogP contribution in [0.1, 0.15) is 57.1 Å². The van der Waals surface area contributed by atoms with Crippen LogP contribution in [0.15, 0.2) is 12.1 Å². The Labute approximate surface area is 140 Å². The Morgan fingerprint density at radius 1 is 1.04 bits per heavy atom. The molecule has 0 aliphatic carbocycles. The van der Waals surface area contributed by atoms with Gasteiger partial charge in [-0.05, 0) is 57.2 Å². The van der Waals surface area contributed by atoms with Gasteiger partial charge in [0.05, 0.1) is 11.0 Å². The van der Waals surface area contributed by atoms with E-state index in [2.05, 4.69) is 13.0 Å². The van der Waals surface area contributed by atoms with Gasteiger partial charge < -0.3 is 9.47 Å². The smallest absolute Gasteiger partial charge is 0.231 e. The predicted octanol–water partition coefficient (Wildman–Crippen LogP) is 4.04. The second-order valence-electron chi connectivity index (χ2n) is 6.52. The van der Waals surface area contributed by atoms with Crippen molar-refractivity contribution < 1.29 is 17.9 Å². The average Bonchev–Trinajstić information content (AvgIpc) is 2.97. The molecule has 1 aromatic carbocycles. The SMILES string of the molecule is Cc1c(CCCCCCCS(=O)(=O)C(C)C)ccc2c1OCO2. The normalized spacial score (nSPS) is 13.7. The second kappa shape index (κ2) is 8.04. The molecule has 4 nitrogen and oxygen atoms in total. The van der Waals surface area contributed by atoms with Crippen molar-refractivity contribution in [2.24, 2.45) is 0 Å². The molecule has 1 heterocycles. The van der Waals surface area contributed by atoms with E-state index in [9.17, 15) is 8.42 Å². The van der Waals surface area contributed by atoms with E-state index >= 15 is 0 Å². The van der Waals surface area contributed by atoms with Crippen molar-refractivity contribution in [3.05, 3.63) is 23.3 Å². The van der Waals surface area contributed by atoms with Crippen molar-refractivity contribution in [2.45, 2.75) is 64.5 Å². The van der Waals surface area contributed by atoms with Gasteiger partial charge in [0, 0.05) is 0 Å². The largest absolute Gasteiger partial charge is 0.454 e. The summed E-state index contributed by atoms with van der Waals surface area (Å²) in [4.78, 5) is 0. The minimum atomic E-state index is -2.87. The van der Waals surface area contributed by atoms with Crippen LogP contribution in [0.3, 0.4) is 0 Å². The second-order valence-corrected chi connectivity index (χ2v) is 9.19. The zero-order valence-corrected chi connectivity index (χ0v) is 15.2. The van der Waals surface area contributed by atoms with Crippen molar-refractivity contribution in [1.29, 1.82) is 0 Å². The van der Waals surface area contributed by atoms with Gasteiger partial charge in [-0.2, -0.15) is 0 Å². The third-order valence-corrected chi connectivity index (χ3v) is 6.79. The molecule has 5 heteroatoms. The molecule has 0 atom stereocenters. The first-order valence-electron chi connectivity index (χ1n) is 8.51. The van der Waals surface area contributed by atoms with Gasteiger partial charge in [-0.3, -0.25) is 0 Å². The molecule has 0 amide bonds. The molecule has 0 N–H and O–H groups in total. The molecule has 0 fully saturated rings. The molecular weight excluding hydrogens is 312 g/mol. The summed E-state index contributed by atoms with van der Waals surface area (Å²) in [7, 11) is -2.87. The van der Waals surface area contributed by atoms with Crippen molar-refractivity contribution in [1.82, 2.24) is 0 Å². The minimum absolute atomic E-state index is 0.253. The molecule has 23 heavy (non-hydrogen) atoms. The highest BCUT2D eigenvalue weighted by molar-refractivity contribution is 7.91. The maximum absolute atomic E-state index is 11.7. The molecule has 0 saturated carbocycles. The summed E-state index contributed by atoms with van der Waals surface area (Å²) in [6.45, 7) is 5.91. The number of fused-ring (bicyclic) bond motifs is 1. The fourth-order valence-electron chi connectivity index (χ4n) is 2.81. The van der Waals surface area contributed by atoms with Crippen LogP contribution in [0.5, 0.6) is 11.5 Å². The van der Waals surface area contributed by atoms with Gasteiger partial charge in [0.25, 0.3) is 0 Å². The summed E-state index contributed by atoms with van der Waals surface area (Å²) >= 11 is 0. The van der Waals surface area contributed by atoms with Gasteiger partial charge in [0.15, 0.2) is 21.3 Å². The summed E-state index contributed by atoms with van der Waals surface area (Å²) in [5.74, 6) is 2.06. The topological polar surface area (TPSA) is 52.6 Å². The number of hydrogen-bond donors (Lipinski definition) is 0. The average molecular weight is 340 g/mol. The number of ether oxygens (including phenoxy) is 2. The van der Waals surface area contributed by atoms with Gasteiger partial charge in [-0.1, -0.05) is 25.3 Å². The summed E-state index contributed by atoms with van der Waals surface area (Å²) in [6, 6.07) is 4.11. The summed E-state index contributed by atoms with van der Waals surface area (Å²) in [5, 5.41) is -0.253. The van der Waals surface area contributed by atoms with E-state index in [1.165, 1.54) is 11.1 Å². The third kappa shape index (κ3) is 4.87. The Morgan fingerprint density at radius 2 is 1.74 bits per heavy atom. The van der Waals surface area contributed by atoms with E-state index < -0.39 is 9.84 Å². The van der Waals surface area contributed by atoms with Gasteiger partial charge in [0.2, 0.25) is 6.79 Å². The first-order valence-corrected chi connectivity index (χ1v) is 10.2. The minimum Gasteiger partial charge on any atom is -0.454 e. The van der Waals surface area contributed by atoms with Crippen LogP contribution >= 0.6 is 0 Å². The lowest BCUT2D eigenvalue weighted by Gasteiger charge is -2.09. The standard InChI is InChI=1S/C18H28O4S/c1-14(2)23(19,20)12-8-6-4-5-7-9-16-10-11-17-18(15(16)3)22-13-21-17/h10-11,14H,4-9,12-13H2,1-3H3. The van der Waals surface area contributed by atoms with Crippen molar-refractivity contribution in [2.75, 3.05) is 12.5 Å². The molecule has 1 aromatic rings. The van der Waals surface area contributed by atoms with Crippen LogP contribution in [-0.4, -0.2) is 26.2 Å². The van der Waals surface area contributed by atoms with Crippen LogP contribution in [0, 0.1) is 6.92 Å². The van der Waals surface area contributed by atoms with E-state index in [-0.39, 0.29) is 5.25 Å². The molecule has 0 spiro atoms. The van der Waals surface area contributed by atoms with Crippen LogP contribution in [0.4, 0.5) is 0 Å². The fraction of sp³-hybridized carbons (Fsp3) is 0.667.